The minimum Gasteiger partial charge on any atom is -0.354 e. The molecule has 3 N–H and O–H groups in total. The third-order valence-corrected chi connectivity index (χ3v) is 4.91. The predicted molar refractivity (Wildman–Crippen MR) is 89.5 cm³/mol. The summed E-state index contributed by atoms with van der Waals surface area (Å²) >= 11 is 6.05. The highest BCUT2D eigenvalue weighted by atomic mass is 35.5. The van der Waals surface area contributed by atoms with Crippen molar-refractivity contribution in [2.45, 2.75) is 50.1 Å². The highest BCUT2D eigenvalue weighted by molar-refractivity contribution is 6.30. The summed E-state index contributed by atoms with van der Waals surface area (Å²) in [6.07, 6.45) is 4.49. The van der Waals surface area contributed by atoms with E-state index in [1.165, 1.54) is 5.56 Å². The molecule has 1 aromatic rings. The van der Waals surface area contributed by atoms with E-state index in [2.05, 4.69) is 22.0 Å². The molecule has 2 unspecified atom stereocenters. The molecule has 6 heteroatoms. The van der Waals surface area contributed by atoms with Crippen LogP contribution in [0.1, 0.15) is 43.6 Å². The van der Waals surface area contributed by atoms with Crippen molar-refractivity contribution in [2.24, 2.45) is 0 Å². The van der Waals surface area contributed by atoms with Gasteiger partial charge >= 0.3 is 6.03 Å². The molecule has 2 fully saturated rings. The van der Waals surface area contributed by atoms with Crippen LogP contribution < -0.4 is 16.0 Å². The molecule has 124 valence electrons. The van der Waals surface area contributed by atoms with Crippen molar-refractivity contribution in [3.8, 4) is 0 Å². The number of carbonyl (C=O) groups is 2. The number of carbonyl (C=O) groups excluding carboxylic acids is 2. The second kappa shape index (κ2) is 7.21. The van der Waals surface area contributed by atoms with E-state index in [0.717, 1.165) is 30.7 Å². The van der Waals surface area contributed by atoms with Crippen molar-refractivity contribution in [1.29, 1.82) is 0 Å². The van der Waals surface area contributed by atoms with Gasteiger partial charge in [-0.2, -0.15) is 0 Å². The van der Waals surface area contributed by atoms with E-state index in [-0.39, 0.29) is 18.0 Å². The Labute approximate surface area is 141 Å². The third kappa shape index (κ3) is 4.16. The second-order valence-corrected chi connectivity index (χ2v) is 6.80. The summed E-state index contributed by atoms with van der Waals surface area (Å²) in [5.41, 5.74) is 1.23. The van der Waals surface area contributed by atoms with Crippen molar-refractivity contribution in [1.82, 2.24) is 16.0 Å². The van der Waals surface area contributed by atoms with Gasteiger partial charge in [0.15, 0.2) is 0 Å². The van der Waals surface area contributed by atoms with Gasteiger partial charge in [-0.15, -0.1) is 0 Å². The van der Waals surface area contributed by atoms with E-state index in [0.29, 0.717) is 18.9 Å². The van der Waals surface area contributed by atoms with Crippen molar-refractivity contribution in [3.63, 3.8) is 0 Å². The first-order valence-electron chi connectivity index (χ1n) is 8.22. The standard InChI is InChI=1S/C17H22ClN3O2/c18-13-4-1-3-11(9-13)12-6-7-14(10-12)20-17(23)21-15-5-2-8-19-16(15)22/h1,3-4,9,12,14-15H,2,5-8,10H2,(H,19,22)(H2,20,21,23)/t12?,14?,15-/m0/s1. The summed E-state index contributed by atoms with van der Waals surface area (Å²) < 4.78 is 0. The maximum Gasteiger partial charge on any atom is 0.315 e. The molecule has 1 aromatic carbocycles. The number of urea groups is 1. The van der Waals surface area contributed by atoms with Gasteiger partial charge in [-0.1, -0.05) is 23.7 Å². The lowest BCUT2D eigenvalue weighted by Gasteiger charge is -2.24. The number of benzene rings is 1. The van der Waals surface area contributed by atoms with E-state index in [1.54, 1.807) is 0 Å². The Morgan fingerprint density at radius 3 is 2.87 bits per heavy atom. The molecule has 1 saturated carbocycles. The molecule has 0 bridgehead atoms. The molecule has 1 aliphatic heterocycles. The van der Waals surface area contributed by atoms with Crippen LogP contribution >= 0.6 is 11.6 Å². The first-order chi connectivity index (χ1) is 11.1. The smallest absolute Gasteiger partial charge is 0.315 e. The van der Waals surface area contributed by atoms with E-state index in [4.69, 9.17) is 11.6 Å². The first-order valence-corrected chi connectivity index (χ1v) is 8.60. The van der Waals surface area contributed by atoms with Crippen molar-refractivity contribution in [2.75, 3.05) is 6.54 Å². The summed E-state index contributed by atoms with van der Waals surface area (Å²) in [6.45, 7) is 0.697. The summed E-state index contributed by atoms with van der Waals surface area (Å²) in [6, 6.07) is 7.42. The summed E-state index contributed by atoms with van der Waals surface area (Å²) in [4.78, 5) is 23.8. The summed E-state index contributed by atoms with van der Waals surface area (Å²) in [5.74, 6) is 0.339. The number of hydrogen-bond acceptors (Lipinski definition) is 2. The van der Waals surface area contributed by atoms with Gasteiger partial charge in [-0.05, 0) is 55.7 Å². The van der Waals surface area contributed by atoms with Crippen LogP contribution in [0.15, 0.2) is 24.3 Å². The van der Waals surface area contributed by atoms with Crippen LogP contribution in [0, 0.1) is 0 Å². The van der Waals surface area contributed by atoms with E-state index in [1.807, 2.05) is 18.2 Å². The Morgan fingerprint density at radius 1 is 1.22 bits per heavy atom. The minimum absolute atomic E-state index is 0.0883. The van der Waals surface area contributed by atoms with Gasteiger partial charge in [0.1, 0.15) is 6.04 Å². The number of amides is 3. The van der Waals surface area contributed by atoms with Gasteiger partial charge in [-0.3, -0.25) is 4.79 Å². The normalized spacial score (nSPS) is 27.3. The fraction of sp³-hybridized carbons (Fsp3) is 0.529. The molecule has 1 aliphatic carbocycles. The number of halogens is 1. The lowest BCUT2D eigenvalue weighted by molar-refractivity contribution is -0.124. The van der Waals surface area contributed by atoms with Crippen LogP contribution in [0.25, 0.3) is 0 Å². The lowest BCUT2D eigenvalue weighted by Crippen LogP contribution is -2.53. The van der Waals surface area contributed by atoms with E-state index in [9.17, 15) is 9.59 Å². The zero-order chi connectivity index (χ0) is 16.2. The Morgan fingerprint density at radius 2 is 2.09 bits per heavy atom. The van der Waals surface area contributed by atoms with E-state index >= 15 is 0 Å². The fourth-order valence-electron chi connectivity index (χ4n) is 3.47. The molecule has 0 aromatic heterocycles. The molecule has 3 amide bonds. The van der Waals surface area contributed by atoms with Crippen LogP contribution in [-0.4, -0.2) is 30.6 Å². The molecule has 5 nitrogen and oxygen atoms in total. The lowest BCUT2D eigenvalue weighted by atomic mass is 9.97. The molecule has 0 spiro atoms. The molecular formula is C17H22ClN3O2. The monoisotopic (exact) mass is 335 g/mol. The number of rotatable bonds is 3. The van der Waals surface area contributed by atoms with Crippen LogP contribution in [0.3, 0.4) is 0 Å². The number of hydrogen-bond donors (Lipinski definition) is 3. The topological polar surface area (TPSA) is 70.2 Å². The second-order valence-electron chi connectivity index (χ2n) is 6.37. The van der Waals surface area contributed by atoms with Crippen LogP contribution in [0.5, 0.6) is 0 Å². The molecule has 2 aliphatic rings. The van der Waals surface area contributed by atoms with Gasteiger partial charge in [0.05, 0.1) is 0 Å². The highest BCUT2D eigenvalue weighted by Gasteiger charge is 2.29. The molecule has 1 heterocycles. The molecule has 23 heavy (non-hydrogen) atoms. The van der Waals surface area contributed by atoms with Gasteiger partial charge in [0, 0.05) is 17.6 Å². The molecule has 0 radical (unpaired) electrons. The van der Waals surface area contributed by atoms with Gasteiger partial charge in [-0.25, -0.2) is 4.79 Å². The van der Waals surface area contributed by atoms with Gasteiger partial charge in [0.25, 0.3) is 0 Å². The number of piperidine rings is 1. The van der Waals surface area contributed by atoms with Crippen molar-refractivity contribution in [3.05, 3.63) is 34.9 Å². The summed E-state index contributed by atoms with van der Waals surface area (Å²) in [7, 11) is 0. The Kier molecular flexibility index (Phi) is 5.06. The molecule has 3 rings (SSSR count). The SMILES string of the molecule is O=C(NC1CCC(c2cccc(Cl)c2)C1)N[C@H]1CCCNC1=O. The molecule has 3 atom stereocenters. The Bertz CT molecular complexity index is 593. The molecular weight excluding hydrogens is 314 g/mol. The van der Waals surface area contributed by atoms with Crippen molar-refractivity contribution < 1.29 is 9.59 Å². The largest absolute Gasteiger partial charge is 0.354 e. The molecule has 1 saturated heterocycles. The fourth-order valence-corrected chi connectivity index (χ4v) is 3.67. The highest BCUT2D eigenvalue weighted by Crippen LogP contribution is 2.35. The summed E-state index contributed by atoms with van der Waals surface area (Å²) in [5, 5.41) is 9.30. The van der Waals surface area contributed by atoms with Gasteiger partial charge in [0.2, 0.25) is 5.91 Å². The van der Waals surface area contributed by atoms with Gasteiger partial charge < -0.3 is 16.0 Å². The van der Waals surface area contributed by atoms with Crippen LogP contribution in [0.2, 0.25) is 5.02 Å². The Balaban J connectivity index is 1.49. The quantitative estimate of drug-likeness (QED) is 0.794. The maximum atomic E-state index is 12.1. The van der Waals surface area contributed by atoms with Crippen LogP contribution in [0.4, 0.5) is 4.79 Å². The minimum atomic E-state index is -0.408. The Hall–Kier alpha value is -1.75. The number of nitrogens with one attached hydrogen (secondary N) is 3. The average molecular weight is 336 g/mol. The predicted octanol–water partition coefficient (Wildman–Crippen LogP) is 2.55. The van der Waals surface area contributed by atoms with Crippen molar-refractivity contribution >= 4 is 23.5 Å². The average Bonchev–Trinajstić information content (AvgIpc) is 2.98. The zero-order valence-corrected chi connectivity index (χ0v) is 13.7. The zero-order valence-electron chi connectivity index (χ0n) is 13.0. The maximum absolute atomic E-state index is 12.1. The third-order valence-electron chi connectivity index (χ3n) is 4.68. The van der Waals surface area contributed by atoms with E-state index < -0.39 is 6.04 Å². The first kappa shape index (κ1) is 16.1. The van der Waals surface area contributed by atoms with Crippen LogP contribution in [-0.2, 0) is 4.79 Å².